The molecule has 9 heteroatoms. The third-order valence-corrected chi connectivity index (χ3v) is 0.958. The second kappa shape index (κ2) is 3.90. The standard InChI is InChI=1S/C2H5N5.C2H4N4/c3-1-5-2(4)7-6-1;3-6-1-4-5-2-6/h(H5,3,4,5,6,7);1-2H,3H2. The molecule has 0 aliphatic rings. The molecule has 9 nitrogen and oxygen atoms in total. The Bertz CT molecular complexity index is 318. The van der Waals surface area contributed by atoms with Crippen molar-refractivity contribution in [3.63, 3.8) is 0 Å². The fourth-order valence-corrected chi connectivity index (χ4v) is 0.498. The molecule has 2 aromatic heterocycles. The molecule has 0 unspecified atom stereocenters. The van der Waals surface area contributed by atoms with E-state index in [9.17, 15) is 0 Å². The van der Waals surface area contributed by atoms with Gasteiger partial charge in [-0.05, 0) is 0 Å². The Balaban J connectivity index is 0.000000132. The number of nitrogen functional groups attached to an aromatic ring is 3. The predicted molar refractivity (Wildman–Crippen MR) is 45.4 cm³/mol. The molecule has 2 aromatic rings. The maximum absolute atomic E-state index is 5.07. The van der Waals surface area contributed by atoms with Gasteiger partial charge in [-0.3, -0.25) is 4.98 Å². The van der Waals surface area contributed by atoms with Gasteiger partial charge in [0.25, 0.3) is 0 Å². The number of rotatable bonds is 0. The molecule has 7 N–H and O–H groups in total. The molecule has 0 aromatic carbocycles. The minimum atomic E-state index is 0.248. The molecule has 0 bridgehead atoms. The van der Waals surface area contributed by atoms with Crippen LogP contribution in [-0.4, -0.2) is 30.1 Å². The number of aromatic amines is 1. The number of hydrogen-bond donors (Lipinski definition) is 4. The zero-order valence-corrected chi connectivity index (χ0v) is 6.62. The van der Waals surface area contributed by atoms with Crippen LogP contribution in [0.5, 0.6) is 0 Å². The molecule has 70 valence electrons. The number of nitrogens with zero attached hydrogens (tertiary/aromatic N) is 5. The Morgan fingerprint density at radius 3 is 1.69 bits per heavy atom. The Hall–Kier alpha value is -2.32. The summed E-state index contributed by atoms with van der Waals surface area (Å²) in [4.78, 5) is 2.47. The highest BCUT2D eigenvalue weighted by atomic mass is 15.4. The Kier molecular flexibility index (Phi) is 2.63. The highest BCUT2D eigenvalue weighted by Crippen LogP contribution is 1.89. The van der Waals surface area contributed by atoms with Crippen molar-refractivity contribution in [2.45, 2.75) is 0 Å². The van der Waals surface area contributed by atoms with E-state index in [4.69, 9.17) is 17.3 Å². The zero-order chi connectivity index (χ0) is 9.68. The van der Waals surface area contributed by atoms with Gasteiger partial charge in [-0.25, -0.2) is 4.68 Å². The summed E-state index contributed by atoms with van der Waals surface area (Å²) in [5.41, 5.74) is 10.1. The first kappa shape index (κ1) is 8.77. The summed E-state index contributed by atoms with van der Waals surface area (Å²) in [6.07, 6.45) is 2.83. The van der Waals surface area contributed by atoms with Crippen molar-refractivity contribution >= 4 is 11.9 Å². The molecule has 0 atom stereocenters. The zero-order valence-electron chi connectivity index (χ0n) is 6.62. The van der Waals surface area contributed by atoms with Crippen molar-refractivity contribution in [3.05, 3.63) is 12.7 Å². The molecule has 0 radical (unpaired) electrons. The number of nitrogens with one attached hydrogen (secondary N) is 1. The topological polar surface area (TPSA) is 150 Å². The molecule has 0 aliphatic heterocycles. The van der Waals surface area contributed by atoms with Gasteiger partial charge in [-0.15, -0.1) is 20.4 Å². The molecular weight excluding hydrogens is 174 g/mol. The van der Waals surface area contributed by atoms with Crippen LogP contribution >= 0.6 is 0 Å². The molecule has 0 aliphatic carbocycles. The molecule has 2 rings (SSSR count). The minimum Gasteiger partial charge on any atom is -0.368 e. The summed E-state index contributed by atoms with van der Waals surface area (Å²) >= 11 is 0. The lowest BCUT2D eigenvalue weighted by molar-refractivity contribution is 0.997. The maximum Gasteiger partial charge on any atom is 0.220 e. The Morgan fingerprint density at radius 1 is 1.08 bits per heavy atom. The second-order valence-electron chi connectivity index (χ2n) is 2.00. The first-order valence-electron chi connectivity index (χ1n) is 3.22. The van der Waals surface area contributed by atoms with E-state index in [2.05, 4.69) is 25.4 Å². The van der Waals surface area contributed by atoms with Crippen molar-refractivity contribution in [3.8, 4) is 0 Å². The lowest BCUT2D eigenvalue weighted by Crippen LogP contribution is -2.02. The minimum absolute atomic E-state index is 0.248. The number of nitrogens with two attached hydrogens (primary N) is 3. The van der Waals surface area contributed by atoms with E-state index in [0.29, 0.717) is 0 Å². The third-order valence-electron chi connectivity index (χ3n) is 0.958. The molecule has 0 saturated heterocycles. The highest BCUT2D eigenvalue weighted by molar-refractivity contribution is 5.23. The quantitative estimate of drug-likeness (QED) is 0.343. The maximum atomic E-state index is 5.07. The SMILES string of the molecule is Nc1nnc(N)[nH]1.Nn1cnnc1. The van der Waals surface area contributed by atoms with E-state index in [1.807, 2.05) is 0 Å². The summed E-state index contributed by atoms with van der Waals surface area (Å²) in [5.74, 6) is 5.56. The lowest BCUT2D eigenvalue weighted by Gasteiger charge is -1.76. The van der Waals surface area contributed by atoms with E-state index in [1.165, 1.54) is 17.3 Å². The van der Waals surface area contributed by atoms with Gasteiger partial charge in [0.15, 0.2) is 0 Å². The molecule has 0 spiro atoms. The van der Waals surface area contributed by atoms with Gasteiger partial charge in [0.05, 0.1) is 0 Å². The largest absolute Gasteiger partial charge is 0.368 e. The summed E-state index contributed by atoms with van der Waals surface area (Å²) in [6, 6.07) is 0. The molecule has 2 heterocycles. The van der Waals surface area contributed by atoms with Crippen molar-refractivity contribution in [2.24, 2.45) is 0 Å². The molecule has 13 heavy (non-hydrogen) atoms. The van der Waals surface area contributed by atoms with E-state index in [1.54, 1.807) is 0 Å². The molecule has 0 saturated carbocycles. The smallest absolute Gasteiger partial charge is 0.220 e. The number of anilines is 2. The van der Waals surface area contributed by atoms with E-state index < -0.39 is 0 Å². The third kappa shape index (κ3) is 3.05. The van der Waals surface area contributed by atoms with Gasteiger partial charge < -0.3 is 17.3 Å². The first-order chi connectivity index (χ1) is 6.18. The molecule has 0 amide bonds. The van der Waals surface area contributed by atoms with Crippen molar-refractivity contribution in [1.29, 1.82) is 0 Å². The van der Waals surface area contributed by atoms with Gasteiger partial charge in [0.2, 0.25) is 11.9 Å². The Labute approximate surface area is 72.9 Å². The van der Waals surface area contributed by atoms with Crippen LogP contribution in [0.1, 0.15) is 0 Å². The average Bonchev–Trinajstić information content (AvgIpc) is 2.64. The van der Waals surface area contributed by atoms with Crippen LogP contribution in [0.2, 0.25) is 0 Å². The van der Waals surface area contributed by atoms with Crippen molar-refractivity contribution < 1.29 is 0 Å². The van der Waals surface area contributed by atoms with Gasteiger partial charge in [0.1, 0.15) is 12.7 Å². The average molecular weight is 183 g/mol. The summed E-state index contributed by atoms with van der Waals surface area (Å²) in [5, 5.41) is 13.5. The van der Waals surface area contributed by atoms with Crippen LogP contribution in [0, 0.1) is 0 Å². The highest BCUT2D eigenvalue weighted by Gasteiger charge is 1.87. The predicted octanol–water partition coefficient (Wildman–Crippen LogP) is -2.04. The van der Waals surface area contributed by atoms with Gasteiger partial charge in [-0.1, -0.05) is 0 Å². The van der Waals surface area contributed by atoms with Crippen molar-refractivity contribution in [2.75, 3.05) is 17.3 Å². The lowest BCUT2D eigenvalue weighted by atomic mass is 11.0. The molecule has 0 fully saturated rings. The Morgan fingerprint density at radius 2 is 1.54 bits per heavy atom. The van der Waals surface area contributed by atoms with Crippen LogP contribution in [0.15, 0.2) is 12.7 Å². The monoisotopic (exact) mass is 183 g/mol. The second-order valence-corrected chi connectivity index (χ2v) is 2.00. The first-order valence-corrected chi connectivity index (χ1v) is 3.22. The summed E-state index contributed by atoms with van der Waals surface area (Å²) < 4.78 is 1.28. The normalized spacial score (nSPS) is 8.92. The van der Waals surface area contributed by atoms with Gasteiger partial charge in [-0.2, -0.15) is 0 Å². The molecular formula is C4H9N9. The van der Waals surface area contributed by atoms with Crippen LogP contribution in [0.3, 0.4) is 0 Å². The fourth-order valence-electron chi connectivity index (χ4n) is 0.498. The van der Waals surface area contributed by atoms with Crippen molar-refractivity contribution in [1.82, 2.24) is 30.1 Å². The number of hydrogen-bond acceptors (Lipinski definition) is 7. The van der Waals surface area contributed by atoms with Gasteiger partial charge >= 0.3 is 0 Å². The van der Waals surface area contributed by atoms with E-state index >= 15 is 0 Å². The van der Waals surface area contributed by atoms with E-state index in [-0.39, 0.29) is 11.9 Å². The summed E-state index contributed by atoms with van der Waals surface area (Å²) in [6.45, 7) is 0. The van der Waals surface area contributed by atoms with Crippen LogP contribution in [0.25, 0.3) is 0 Å². The number of H-pyrrole nitrogens is 1. The summed E-state index contributed by atoms with van der Waals surface area (Å²) in [7, 11) is 0. The van der Waals surface area contributed by atoms with Crippen LogP contribution in [0.4, 0.5) is 11.9 Å². The van der Waals surface area contributed by atoms with Gasteiger partial charge in [0, 0.05) is 0 Å². The number of aromatic nitrogens is 6. The van der Waals surface area contributed by atoms with Crippen LogP contribution in [-0.2, 0) is 0 Å². The van der Waals surface area contributed by atoms with Crippen LogP contribution < -0.4 is 17.3 Å². The van der Waals surface area contributed by atoms with E-state index in [0.717, 1.165) is 0 Å². The fraction of sp³-hybridized carbons (Fsp3) is 0.